The van der Waals surface area contributed by atoms with Crippen LogP contribution in [0.25, 0.3) is 0 Å². The molecule has 0 bridgehead atoms. The molecule has 0 aliphatic carbocycles. The van der Waals surface area contributed by atoms with Crippen LogP contribution in [-0.4, -0.2) is 27.5 Å². The lowest BCUT2D eigenvalue weighted by molar-refractivity contribution is -0.121. The molecular formula is C6H13NO4S. The standard InChI is InChI=1S/C6H13NO4S/c1-12(8,9)11-6-4-2-3-5-7-10-6/h6-7H,2-5H2,1H3. The van der Waals surface area contributed by atoms with Crippen molar-refractivity contribution in [2.45, 2.75) is 25.6 Å². The Balaban J connectivity index is 2.40. The Morgan fingerprint density at radius 2 is 2.25 bits per heavy atom. The Morgan fingerprint density at radius 3 is 2.92 bits per heavy atom. The minimum Gasteiger partial charge on any atom is -0.269 e. The Bertz CT molecular complexity index is 218. The highest BCUT2D eigenvalue weighted by atomic mass is 32.2. The molecule has 6 heteroatoms. The van der Waals surface area contributed by atoms with Crippen molar-refractivity contribution < 1.29 is 17.4 Å². The van der Waals surface area contributed by atoms with Gasteiger partial charge in [0.05, 0.1) is 6.26 Å². The summed E-state index contributed by atoms with van der Waals surface area (Å²) in [5.41, 5.74) is 2.63. The SMILES string of the molecule is CS(=O)(=O)OC1CCCCNO1. The minimum atomic E-state index is -3.40. The molecule has 12 heavy (non-hydrogen) atoms. The zero-order valence-electron chi connectivity index (χ0n) is 6.95. The molecule has 5 nitrogen and oxygen atoms in total. The zero-order valence-corrected chi connectivity index (χ0v) is 7.76. The third kappa shape index (κ3) is 4.01. The molecule has 1 saturated heterocycles. The molecule has 0 aromatic heterocycles. The van der Waals surface area contributed by atoms with Gasteiger partial charge in [-0.3, -0.25) is 4.84 Å². The van der Waals surface area contributed by atoms with Gasteiger partial charge in [0.2, 0.25) is 0 Å². The van der Waals surface area contributed by atoms with Gasteiger partial charge in [0.25, 0.3) is 10.1 Å². The smallest absolute Gasteiger partial charge is 0.266 e. The quantitative estimate of drug-likeness (QED) is 0.628. The van der Waals surface area contributed by atoms with Crippen molar-refractivity contribution in [3.63, 3.8) is 0 Å². The Morgan fingerprint density at radius 1 is 1.50 bits per heavy atom. The predicted octanol–water partition coefficient (Wildman–Crippen LogP) is -0.00620. The van der Waals surface area contributed by atoms with E-state index in [4.69, 9.17) is 4.84 Å². The fraction of sp³-hybridized carbons (Fsp3) is 1.00. The van der Waals surface area contributed by atoms with Crippen LogP contribution in [0.2, 0.25) is 0 Å². The molecule has 1 heterocycles. The molecule has 0 saturated carbocycles. The molecule has 1 aliphatic heterocycles. The lowest BCUT2D eigenvalue weighted by Gasteiger charge is -2.12. The van der Waals surface area contributed by atoms with Crippen molar-refractivity contribution in [3.05, 3.63) is 0 Å². The lowest BCUT2D eigenvalue weighted by atomic mass is 10.2. The number of hydrogen-bond acceptors (Lipinski definition) is 5. The number of rotatable bonds is 2. The molecule has 1 atom stereocenters. The summed E-state index contributed by atoms with van der Waals surface area (Å²) in [6.07, 6.45) is 2.85. The summed E-state index contributed by atoms with van der Waals surface area (Å²) in [5, 5.41) is 0. The largest absolute Gasteiger partial charge is 0.269 e. The maximum absolute atomic E-state index is 10.7. The Labute approximate surface area is 72.1 Å². The van der Waals surface area contributed by atoms with E-state index in [0.29, 0.717) is 6.42 Å². The first-order valence-electron chi connectivity index (χ1n) is 3.85. The average molecular weight is 195 g/mol. The summed E-state index contributed by atoms with van der Waals surface area (Å²) in [6.45, 7) is 0.740. The molecule has 1 fully saturated rings. The van der Waals surface area contributed by atoms with Crippen LogP contribution >= 0.6 is 0 Å². The second-order valence-electron chi connectivity index (χ2n) is 2.74. The van der Waals surface area contributed by atoms with Crippen LogP contribution in [-0.2, 0) is 19.1 Å². The van der Waals surface area contributed by atoms with Crippen molar-refractivity contribution in [1.82, 2.24) is 5.48 Å². The molecule has 0 spiro atoms. The Kier molecular flexibility index (Phi) is 3.45. The van der Waals surface area contributed by atoms with Crippen molar-refractivity contribution in [3.8, 4) is 0 Å². The normalized spacial score (nSPS) is 26.6. The topological polar surface area (TPSA) is 64.6 Å². The van der Waals surface area contributed by atoms with Gasteiger partial charge in [-0.05, 0) is 12.8 Å². The van der Waals surface area contributed by atoms with Crippen molar-refractivity contribution in [2.75, 3.05) is 12.8 Å². The van der Waals surface area contributed by atoms with E-state index < -0.39 is 16.4 Å². The first-order valence-corrected chi connectivity index (χ1v) is 5.66. The van der Waals surface area contributed by atoms with E-state index >= 15 is 0 Å². The molecule has 0 amide bonds. The monoisotopic (exact) mass is 195 g/mol. The van der Waals surface area contributed by atoms with Crippen molar-refractivity contribution >= 4 is 10.1 Å². The zero-order chi connectivity index (χ0) is 9.03. The summed E-state index contributed by atoms with van der Waals surface area (Å²) in [4.78, 5) is 4.93. The molecule has 1 aliphatic rings. The number of nitrogens with one attached hydrogen (secondary N) is 1. The van der Waals surface area contributed by atoms with E-state index in [9.17, 15) is 8.42 Å². The molecule has 72 valence electrons. The predicted molar refractivity (Wildman–Crippen MR) is 42.7 cm³/mol. The van der Waals surface area contributed by atoms with Crippen LogP contribution in [0, 0.1) is 0 Å². The van der Waals surface area contributed by atoms with Gasteiger partial charge in [-0.15, -0.1) is 0 Å². The lowest BCUT2D eigenvalue weighted by Crippen LogP contribution is -2.26. The van der Waals surface area contributed by atoms with Gasteiger partial charge in [-0.1, -0.05) is 0 Å². The van der Waals surface area contributed by atoms with Crippen molar-refractivity contribution in [2.24, 2.45) is 0 Å². The van der Waals surface area contributed by atoms with Gasteiger partial charge in [0, 0.05) is 13.0 Å². The molecule has 0 radical (unpaired) electrons. The van der Waals surface area contributed by atoms with E-state index in [0.717, 1.165) is 25.6 Å². The summed E-state index contributed by atoms with van der Waals surface area (Å²) >= 11 is 0. The van der Waals surface area contributed by atoms with E-state index in [2.05, 4.69) is 9.66 Å². The Hall–Kier alpha value is -0.170. The van der Waals surface area contributed by atoms with Gasteiger partial charge < -0.3 is 0 Å². The number of hydroxylamine groups is 1. The summed E-state index contributed by atoms with van der Waals surface area (Å²) in [5.74, 6) is 0. The molecule has 0 aromatic carbocycles. The average Bonchev–Trinajstić information content (AvgIpc) is 2.12. The van der Waals surface area contributed by atoms with Gasteiger partial charge in [-0.2, -0.15) is 13.9 Å². The summed E-state index contributed by atoms with van der Waals surface area (Å²) in [7, 11) is -3.40. The van der Waals surface area contributed by atoms with Crippen LogP contribution in [0.15, 0.2) is 0 Å². The van der Waals surface area contributed by atoms with Crippen LogP contribution < -0.4 is 5.48 Å². The first kappa shape index (κ1) is 9.91. The maximum atomic E-state index is 10.7. The molecular weight excluding hydrogens is 182 g/mol. The van der Waals surface area contributed by atoms with E-state index in [1.165, 1.54) is 0 Å². The van der Waals surface area contributed by atoms with Crippen LogP contribution in [0.3, 0.4) is 0 Å². The third-order valence-electron chi connectivity index (χ3n) is 1.47. The fourth-order valence-corrected chi connectivity index (χ4v) is 1.51. The van der Waals surface area contributed by atoms with Crippen LogP contribution in [0.5, 0.6) is 0 Å². The van der Waals surface area contributed by atoms with Crippen LogP contribution in [0.4, 0.5) is 0 Å². The summed E-state index contributed by atoms with van der Waals surface area (Å²) in [6, 6.07) is 0. The van der Waals surface area contributed by atoms with Crippen LogP contribution in [0.1, 0.15) is 19.3 Å². The second-order valence-corrected chi connectivity index (χ2v) is 4.34. The van der Waals surface area contributed by atoms with Crippen molar-refractivity contribution in [1.29, 1.82) is 0 Å². The first-order chi connectivity index (χ1) is 5.58. The highest BCUT2D eigenvalue weighted by Gasteiger charge is 2.17. The third-order valence-corrected chi connectivity index (χ3v) is 2.03. The molecule has 1 unspecified atom stereocenters. The highest BCUT2D eigenvalue weighted by molar-refractivity contribution is 7.86. The van der Waals surface area contributed by atoms with E-state index in [-0.39, 0.29) is 0 Å². The highest BCUT2D eigenvalue weighted by Crippen LogP contribution is 2.10. The molecule has 0 aromatic rings. The summed E-state index contributed by atoms with van der Waals surface area (Å²) < 4.78 is 26.0. The van der Waals surface area contributed by atoms with Gasteiger partial charge in [-0.25, -0.2) is 4.18 Å². The van der Waals surface area contributed by atoms with Gasteiger partial charge in [0.15, 0.2) is 6.29 Å². The fourth-order valence-electron chi connectivity index (χ4n) is 0.982. The minimum absolute atomic E-state index is 0.611. The van der Waals surface area contributed by atoms with Gasteiger partial charge in [0.1, 0.15) is 0 Å². The van der Waals surface area contributed by atoms with Gasteiger partial charge >= 0.3 is 0 Å². The number of hydrogen-bond donors (Lipinski definition) is 1. The molecule has 1 rings (SSSR count). The second kappa shape index (κ2) is 4.18. The molecule has 1 N–H and O–H groups in total. The van der Waals surface area contributed by atoms with E-state index in [1.807, 2.05) is 0 Å². The van der Waals surface area contributed by atoms with E-state index in [1.54, 1.807) is 0 Å². The maximum Gasteiger partial charge on any atom is 0.266 e.